The monoisotopic (exact) mass is 878 g/mol. The molecule has 0 saturated carbocycles. The number of phosphoric acid groups is 1. The molecule has 61 heavy (non-hydrogen) atoms. The maximum absolute atomic E-state index is 12.1. The number of unbranched alkanes of at least 4 members (excludes halogenated alkanes) is 23. The van der Waals surface area contributed by atoms with Crippen LogP contribution in [0.3, 0.4) is 0 Å². The number of carbonyl (C=O) groups is 2. The molecule has 0 fully saturated rings. The number of aliphatic hydroxyl groups excluding tert-OH is 1. The second-order valence-electron chi connectivity index (χ2n) is 16.4. The predicted molar refractivity (Wildman–Crippen MR) is 256 cm³/mol. The number of phosphoric ester groups is 1. The van der Waals surface area contributed by atoms with Gasteiger partial charge < -0.3 is 20.1 Å². The van der Waals surface area contributed by atoms with Gasteiger partial charge in [-0.25, -0.2) is 4.57 Å². The molecular weight excluding hydrogens is 786 g/mol. The molecule has 3 N–H and O–H groups in total. The lowest BCUT2D eigenvalue weighted by Gasteiger charge is -2.15. The van der Waals surface area contributed by atoms with Gasteiger partial charge in [0.05, 0.1) is 13.2 Å². The molecule has 0 radical (unpaired) electrons. The number of carbonyl (C=O) groups excluding carboxylic acids is 2. The van der Waals surface area contributed by atoms with Crippen LogP contribution in [0.25, 0.3) is 0 Å². The van der Waals surface area contributed by atoms with Crippen LogP contribution in [0.4, 0.5) is 0 Å². The van der Waals surface area contributed by atoms with Crippen molar-refractivity contribution in [1.82, 2.24) is 5.32 Å². The van der Waals surface area contributed by atoms with Crippen LogP contribution < -0.4 is 5.32 Å². The Bertz CT molecular complexity index is 1180. The highest BCUT2D eigenvalue weighted by Gasteiger charge is 2.23. The van der Waals surface area contributed by atoms with Crippen LogP contribution >= 0.6 is 7.82 Å². The summed E-state index contributed by atoms with van der Waals surface area (Å²) in [5.74, 6) is -0.531. The van der Waals surface area contributed by atoms with Gasteiger partial charge in [0, 0.05) is 19.4 Å². The topological polar surface area (TPSA) is 131 Å². The van der Waals surface area contributed by atoms with Gasteiger partial charge in [-0.3, -0.25) is 18.6 Å². The Kier molecular flexibility index (Phi) is 45.4. The summed E-state index contributed by atoms with van der Waals surface area (Å²) < 4.78 is 27.0. The quantitative estimate of drug-likeness (QED) is 0.0238. The number of allylic oxidation sites excluding steroid dienone is 10. The predicted octanol–water partition coefficient (Wildman–Crippen LogP) is 14.4. The zero-order valence-corrected chi connectivity index (χ0v) is 40.0. The normalized spacial score (nSPS) is 13.7. The summed E-state index contributed by atoms with van der Waals surface area (Å²) in [6.07, 6.45) is 57.2. The number of ether oxygens (including phenoxy) is 1. The van der Waals surface area contributed by atoms with E-state index in [1.807, 2.05) is 0 Å². The van der Waals surface area contributed by atoms with Gasteiger partial charge in [0.1, 0.15) is 12.7 Å². The molecule has 0 rings (SSSR count). The fourth-order valence-electron chi connectivity index (χ4n) is 6.65. The van der Waals surface area contributed by atoms with Crippen molar-refractivity contribution < 1.29 is 37.9 Å². The number of nitrogens with one attached hydrogen (secondary N) is 1. The Labute approximate surface area is 374 Å². The van der Waals surface area contributed by atoms with Gasteiger partial charge in [-0.05, 0) is 83.5 Å². The lowest BCUT2D eigenvalue weighted by molar-refractivity contribution is -0.147. The molecule has 354 valence electrons. The highest BCUT2D eigenvalue weighted by atomic mass is 31.2. The summed E-state index contributed by atoms with van der Waals surface area (Å²) in [5, 5.41) is 12.7. The summed E-state index contributed by atoms with van der Waals surface area (Å²) in [6.45, 7) is 3.51. The molecule has 9 nitrogen and oxygen atoms in total. The molecule has 10 heteroatoms. The smallest absolute Gasteiger partial charge is 0.463 e. The van der Waals surface area contributed by atoms with Crippen LogP contribution in [-0.4, -0.2) is 54.3 Å². The van der Waals surface area contributed by atoms with E-state index in [1.54, 1.807) is 0 Å². The number of hydrogen-bond donors (Lipinski definition) is 3. The fourth-order valence-corrected chi connectivity index (χ4v) is 7.41. The zero-order valence-electron chi connectivity index (χ0n) is 39.1. The minimum absolute atomic E-state index is 0.0728. The van der Waals surface area contributed by atoms with E-state index in [4.69, 9.17) is 13.8 Å². The van der Waals surface area contributed by atoms with Gasteiger partial charge in [0.25, 0.3) is 0 Å². The first-order chi connectivity index (χ1) is 29.8. The van der Waals surface area contributed by atoms with Crippen molar-refractivity contribution in [3.8, 4) is 0 Å². The number of esters is 1. The van der Waals surface area contributed by atoms with Crippen molar-refractivity contribution >= 4 is 19.7 Å². The van der Waals surface area contributed by atoms with E-state index in [0.29, 0.717) is 6.42 Å². The van der Waals surface area contributed by atoms with Gasteiger partial charge >= 0.3 is 13.8 Å². The molecule has 2 atom stereocenters. The van der Waals surface area contributed by atoms with Crippen molar-refractivity contribution in [2.24, 2.45) is 0 Å². The van der Waals surface area contributed by atoms with Crippen LogP contribution in [0.5, 0.6) is 0 Å². The summed E-state index contributed by atoms with van der Waals surface area (Å²) in [4.78, 5) is 34.0. The molecular formula is C51H92NO8P. The third-order valence-corrected chi connectivity index (χ3v) is 11.4. The van der Waals surface area contributed by atoms with Crippen molar-refractivity contribution in [2.45, 2.75) is 225 Å². The molecule has 0 aromatic carbocycles. The summed E-state index contributed by atoms with van der Waals surface area (Å²) in [6, 6.07) is 0. The molecule has 0 aliphatic carbocycles. The Morgan fingerprint density at radius 3 is 1.38 bits per heavy atom. The SMILES string of the molecule is CCCCC/C=C\C/C=C\C/C=C\C/C=C\CCCCCCCCCC(=O)NCCOP(=O)(O)OCC(O)COC(=O)CCCCCCCCC/C=C\CCCCCCCC. The van der Waals surface area contributed by atoms with Crippen LogP contribution in [0.15, 0.2) is 60.8 Å². The van der Waals surface area contributed by atoms with E-state index in [9.17, 15) is 24.2 Å². The molecule has 0 saturated heterocycles. The molecule has 0 spiro atoms. The van der Waals surface area contributed by atoms with Crippen molar-refractivity contribution in [3.05, 3.63) is 60.8 Å². The van der Waals surface area contributed by atoms with Gasteiger partial charge in [-0.2, -0.15) is 0 Å². The summed E-state index contributed by atoms with van der Waals surface area (Å²) in [7, 11) is -4.43. The molecule has 2 unspecified atom stereocenters. The third-order valence-electron chi connectivity index (χ3n) is 10.4. The largest absolute Gasteiger partial charge is 0.472 e. The van der Waals surface area contributed by atoms with Crippen LogP contribution in [0.1, 0.15) is 219 Å². The molecule has 0 bridgehead atoms. The molecule has 0 aliphatic heterocycles. The number of amides is 1. The second kappa shape index (κ2) is 47.2. The van der Waals surface area contributed by atoms with E-state index in [2.05, 4.69) is 79.9 Å². The van der Waals surface area contributed by atoms with Gasteiger partial charge in [-0.1, -0.05) is 184 Å². The van der Waals surface area contributed by atoms with Crippen molar-refractivity contribution in [2.75, 3.05) is 26.4 Å². The lowest BCUT2D eigenvalue weighted by atomic mass is 10.1. The second-order valence-corrected chi connectivity index (χ2v) is 17.9. The maximum atomic E-state index is 12.1. The van der Waals surface area contributed by atoms with Crippen LogP contribution in [0.2, 0.25) is 0 Å². The van der Waals surface area contributed by atoms with E-state index >= 15 is 0 Å². The Morgan fingerprint density at radius 1 is 0.508 bits per heavy atom. The minimum Gasteiger partial charge on any atom is -0.463 e. The molecule has 0 aromatic rings. The van der Waals surface area contributed by atoms with Crippen LogP contribution in [0, 0.1) is 0 Å². The summed E-state index contributed by atoms with van der Waals surface area (Å²) >= 11 is 0. The molecule has 0 aromatic heterocycles. The Balaban J connectivity index is 3.61. The van der Waals surface area contributed by atoms with Gasteiger partial charge in [-0.15, -0.1) is 0 Å². The van der Waals surface area contributed by atoms with Crippen LogP contribution in [-0.2, 0) is 27.9 Å². The Morgan fingerprint density at radius 2 is 0.885 bits per heavy atom. The highest BCUT2D eigenvalue weighted by molar-refractivity contribution is 7.47. The minimum atomic E-state index is -4.43. The third kappa shape index (κ3) is 48.6. The van der Waals surface area contributed by atoms with E-state index in [1.165, 1.54) is 116 Å². The van der Waals surface area contributed by atoms with E-state index in [0.717, 1.165) is 77.0 Å². The standard InChI is InChI=1S/C51H92NO8P/c1-3-5-7-9-11-13-15-17-19-21-22-23-24-25-26-28-29-31-33-35-37-39-41-43-50(54)52-45-46-59-61(56,57)60-48-49(53)47-58-51(55)44-42-40-38-36-34-32-30-27-20-18-16-14-12-10-8-6-4-2/h11,13,17-20,22-23,25-26,49,53H,3-10,12,14-16,21,24,27-48H2,1-2H3,(H,52,54)(H,56,57)/b13-11-,19-17-,20-18-,23-22-,26-25-. The van der Waals surface area contributed by atoms with E-state index in [-0.39, 0.29) is 32.1 Å². The zero-order chi connectivity index (χ0) is 44.6. The van der Waals surface area contributed by atoms with E-state index < -0.39 is 26.5 Å². The molecule has 0 aliphatic rings. The molecule has 1 amide bonds. The first-order valence-electron chi connectivity index (χ1n) is 24.8. The number of rotatable bonds is 46. The first kappa shape index (κ1) is 58.7. The van der Waals surface area contributed by atoms with Crippen molar-refractivity contribution in [1.29, 1.82) is 0 Å². The average Bonchev–Trinajstić information content (AvgIpc) is 3.25. The highest BCUT2D eigenvalue weighted by Crippen LogP contribution is 2.42. The molecule has 0 heterocycles. The Hall–Kier alpha value is -2.29. The number of aliphatic hydroxyl groups is 1. The maximum Gasteiger partial charge on any atom is 0.472 e. The first-order valence-corrected chi connectivity index (χ1v) is 26.3. The average molecular weight is 878 g/mol. The summed E-state index contributed by atoms with van der Waals surface area (Å²) in [5.41, 5.74) is 0. The van der Waals surface area contributed by atoms with Gasteiger partial charge in [0.15, 0.2) is 0 Å². The lowest BCUT2D eigenvalue weighted by Crippen LogP contribution is -2.27. The van der Waals surface area contributed by atoms with Crippen molar-refractivity contribution in [3.63, 3.8) is 0 Å². The van der Waals surface area contributed by atoms with Gasteiger partial charge in [0.2, 0.25) is 5.91 Å². The fraction of sp³-hybridized carbons (Fsp3) is 0.765. The number of hydrogen-bond acceptors (Lipinski definition) is 7.